The molecule has 0 spiro atoms. The van der Waals surface area contributed by atoms with E-state index >= 15 is 0 Å². The van der Waals surface area contributed by atoms with Crippen LogP contribution >= 0.6 is 11.6 Å². The number of hydrogen-bond donors (Lipinski definition) is 0. The van der Waals surface area contributed by atoms with E-state index in [-0.39, 0.29) is 10.7 Å². The molecule has 0 amide bonds. The van der Waals surface area contributed by atoms with Gasteiger partial charge in [0.2, 0.25) is 0 Å². The van der Waals surface area contributed by atoms with Crippen molar-refractivity contribution < 1.29 is 9.34 Å². The lowest BCUT2D eigenvalue weighted by molar-refractivity contribution is -0.384. The molecule has 0 atom stereocenters. The second kappa shape index (κ2) is 3.74. The molecule has 0 aliphatic carbocycles. The van der Waals surface area contributed by atoms with Gasteiger partial charge in [0.1, 0.15) is 10.8 Å². The number of nitro groups is 1. The van der Waals surface area contributed by atoms with Crippen molar-refractivity contribution in [1.82, 2.24) is 0 Å². The SMILES string of the molecule is O=[N+]([O-])c1cc(-c2ccco2)ccc1Cl. The van der Waals surface area contributed by atoms with Gasteiger partial charge in [0.15, 0.2) is 0 Å². The van der Waals surface area contributed by atoms with Crippen LogP contribution in [0, 0.1) is 10.1 Å². The van der Waals surface area contributed by atoms with Gasteiger partial charge in [-0.1, -0.05) is 11.6 Å². The van der Waals surface area contributed by atoms with Gasteiger partial charge in [-0.05, 0) is 24.3 Å². The molecule has 0 bridgehead atoms. The Morgan fingerprint density at radius 3 is 2.73 bits per heavy atom. The quantitative estimate of drug-likeness (QED) is 0.578. The van der Waals surface area contributed by atoms with Crippen LogP contribution in [0.5, 0.6) is 0 Å². The molecule has 1 aromatic carbocycles. The van der Waals surface area contributed by atoms with Crippen molar-refractivity contribution in [2.45, 2.75) is 0 Å². The molecule has 2 aromatic rings. The first-order chi connectivity index (χ1) is 7.18. The van der Waals surface area contributed by atoms with Gasteiger partial charge in [-0.15, -0.1) is 0 Å². The fourth-order valence-electron chi connectivity index (χ4n) is 1.25. The lowest BCUT2D eigenvalue weighted by Crippen LogP contribution is -1.89. The Morgan fingerprint density at radius 2 is 2.13 bits per heavy atom. The van der Waals surface area contributed by atoms with Crippen LogP contribution in [0.4, 0.5) is 5.69 Å². The van der Waals surface area contributed by atoms with Crippen molar-refractivity contribution in [2.24, 2.45) is 0 Å². The molecule has 5 heteroatoms. The minimum atomic E-state index is -0.519. The molecule has 15 heavy (non-hydrogen) atoms. The minimum absolute atomic E-state index is 0.120. The molecule has 76 valence electrons. The van der Waals surface area contributed by atoms with Crippen LogP contribution in [0.25, 0.3) is 11.3 Å². The first kappa shape index (κ1) is 9.73. The molecular formula is C10H6ClNO3. The predicted molar refractivity (Wildman–Crippen MR) is 55.8 cm³/mol. The Hall–Kier alpha value is -1.81. The van der Waals surface area contributed by atoms with Crippen molar-refractivity contribution in [3.63, 3.8) is 0 Å². The molecule has 1 heterocycles. The third kappa shape index (κ3) is 1.85. The third-order valence-corrected chi connectivity index (χ3v) is 2.27. The Morgan fingerprint density at radius 1 is 1.33 bits per heavy atom. The molecule has 0 saturated heterocycles. The van der Waals surface area contributed by atoms with Gasteiger partial charge in [0, 0.05) is 11.6 Å². The number of benzene rings is 1. The van der Waals surface area contributed by atoms with Gasteiger partial charge in [0.05, 0.1) is 11.2 Å². The van der Waals surface area contributed by atoms with Crippen molar-refractivity contribution >= 4 is 17.3 Å². The van der Waals surface area contributed by atoms with E-state index < -0.39 is 4.92 Å². The van der Waals surface area contributed by atoms with Gasteiger partial charge >= 0.3 is 0 Å². The summed E-state index contributed by atoms with van der Waals surface area (Å²) in [5, 5.41) is 10.8. The van der Waals surface area contributed by atoms with Gasteiger partial charge in [-0.3, -0.25) is 10.1 Å². The summed E-state index contributed by atoms with van der Waals surface area (Å²) >= 11 is 5.68. The maximum Gasteiger partial charge on any atom is 0.288 e. The second-order valence-corrected chi connectivity index (χ2v) is 3.31. The third-order valence-electron chi connectivity index (χ3n) is 1.95. The van der Waals surface area contributed by atoms with Gasteiger partial charge < -0.3 is 4.42 Å². The summed E-state index contributed by atoms with van der Waals surface area (Å²) < 4.78 is 5.13. The number of rotatable bonds is 2. The molecule has 2 rings (SSSR count). The number of hydrogen-bond acceptors (Lipinski definition) is 3. The van der Waals surface area contributed by atoms with E-state index in [1.54, 1.807) is 18.2 Å². The molecule has 4 nitrogen and oxygen atoms in total. The Balaban J connectivity index is 2.52. The van der Waals surface area contributed by atoms with Crippen molar-refractivity contribution in [3.05, 3.63) is 51.7 Å². The highest BCUT2D eigenvalue weighted by molar-refractivity contribution is 6.32. The Labute approximate surface area is 90.2 Å². The van der Waals surface area contributed by atoms with E-state index in [2.05, 4.69) is 0 Å². The summed E-state index contributed by atoms with van der Waals surface area (Å²) in [6, 6.07) is 8.00. The molecule has 0 radical (unpaired) electrons. The molecule has 0 saturated carbocycles. The van der Waals surface area contributed by atoms with Crippen LogP contribution in [0.3, 0.4) is 0 Å². The van der Waals surface area contributed by atoms with Crippen LogP contribution in [0.15, 0.2) is 41.0 Å². The number of furan rings is 1. The van der Waals surface area contributed by atoms with Crippen molar-refractivity contribution in [1.29, 1.82) is 0 Å². The zero-order chi connectivity index (χ0) is 10.8. The molecular weight excluding hydrogens is 218 g/mol. The standard InChI is InChI=1S/C10H6ClNO3/c11-8-4-3-7(6-9(8)12(13)14)10-2-1-5-15-10/h1-6H. The smallest absolute Gasteiger partial charge is 0.288 e. The lowest BCUT2D eigenvalue weighted by Gasteiger charge is -1.98. The van der Waals surface area contributed by atoms with E-state index in [9.17, 15) is 10.1 Å². The van der Waals surface area contributed by atoms with Crippen molar-refractivity contribution in [3.8, 4) is 11.3 Å². The largest absolute Gasteiger partial charge is 0.464 e. The molecule has 0 fully saturated rings. The zero-order valence-electron chi connectivity index (χ0n) is 7.51. The second-order valence-electron chi connectivity index (χ2n) is 2.90. The number of halogens is 1. The van der Waals surface area contributed by atoms with E-state index in [1.807, 2.05) is 0 Å². The highest BCUT2D eigenvalue weighted by Crippen LogP contribution is 2.30. The topological polar surface area (TPSA) is 56.3 Å². The molecule has 1 aromatic heterocycles. The average Bonchev–Trinajstić information content (AvgIpc) is 2.71. The van der Waals surface area contributed by atoms with Crippen LogP contribution in [-0.2, 0) is 0 Å². The van der Waals surface area contributed by atoms with Crippen LogP contribution in [0.2, 0.25) is 5.02 Å². The predicted octanol–water partition coefficient (Wildman–Crippen LogP) is 3.51. The Kier molecular flexibility index (Phi) is 2.43. The van der Waals surface area contributed by atoms with Crippen molar-refractivity contribution in [2.75, 3.05) is 0 Å². The lowest BCUT2D eigenvalue weighted by atomic mass is 10.1. The number of nitrogens with zero attached hydrogens (tertiary/aromatic N) is 1. The van der Waals surface area contributed by atoms with Gasteiger partial charge in [0.25, 0.3) is 5.69 Å². The van der Waals surface area contributed by atoms with Gasteiger partial charge in [-0.25, -0.2) is 0 Å². The fraction of sp³-hybridized carbons (Fsp3) is 0. The van der Waals surface area contributed by atoms with Crippen LogP contribution < -0.4 is 0 Å². The van der Waals surface area contributed by atoms with E-state index in [0.29, 0.717) is 11.3 Å². The maximum atomic E-state index is 10.6. The summed E-state index contributed by atoms with van der Waals surface area (Å²) in [6.07, 6.45) is 1.51. The molecule has 0 unspecified atom stereocenters. The van der Waals surface area contributed by atoms with E-state index in [0.717, 1.165) is 0 Å². The Bertz CT molecular complexity index is 493. The summed E-state index contributed by atoms with van der Waals surface area (Å²) in [4.78, 5) is 10.1. The first-order valence-corrected chi connectivity index (χ1v) is 4.54. The minimum Gasteiger partial charge on any atom is -0.464 e. The van der Waals surface area contributed by atoms with E-state index in [4.69, 9.17) is 16.0 Å². The summed E-state index contributed by atoms with van der Waals surface area (Å²) in [6.45, 7) is 0. The summed E-state index contributed by atoms with van der Waals surface area (Å²) in [5.74, 6) is 0.578. The average molecular weight is 224 g/mol. The summed E-state index contributed by atoms with van der Waals surface area (Å²) in [5.41, 5.74) is 0.515. The summed E-state index contributed by atoms with van der Waals surface area (Å²) in [7, 11) is 0. The highest BCUT2D eigenvalue weighted by atomic mass is 35.5. The maximum absolute atomic E-state index is 10.6. The van der Waals surface area contributed by atoms with E-state index in [1.165, 1.54) is 18.4 Å². The molecule has 0 aliphatic rings. The fourth-order valence-corrected chi connectivity index (χ4v) is 1.44. The van der Waals surface area contributed by atoms with Crippen LogP contribution in [0.1, 0.15) is 0 Å². The first-order valence-electron chi connectivity index (χ1n) is 4.16. The van der Waals surface area contributed by atoms with Gasteiger partial charge in [-0.2, -0.15) is 0 Å². The normalized spacial score (nSPS) is 10.2. The number of nitro benzene ring substituents is 1. The highest BCUT2D eigenvalue weighted by Gasteiger charge is 2.14. The monoisotopic (exact) mass is 223 g/mol. The molecule has 0 aliphatic heterocycles. The van der Waals surface area contributed by atoms with Crippen LogP contribution in [-0.4, -0.2) is 4.92 Å². The zero-order valence-corrected chi connectivity index (χ0v) is 8.27. The molecule has 0 N–H and O–H groups in total.